The van der Waals surface area contributed by atoms with Gasteiger partial charge < -0.3 is 19.5 Å². The first-order valence-electron chi connectivity index (χ1n) is 9.07. The number of hydrogen-bond donors (Lipinski definition) is 1. The molecular formula is C20H18FN5O4. The summed E-state index contributed by atoms with van der Waals surface area (Å²) in [7, 11) is 1.52. The third-order valence-corrected chi connectivity index (χ3v) is 4.36. The number of rotatable bonds is 5. The average molecular weight is 411 g/mol. The van der Waals surface area contributed by atoms with Crippen LogP contribution in [0.1, 0.15) is 11.4 Å². The largest absolute Gasteiger partial charge is 0.493 e. The SMILES string of the molecule is COc1cc(/C=C/C(=O)Nc2cc(-n3nnnc3C)ccc2F)cc2c1OCCO2. The van der Waals surface area contributed by atoms with Crippen molar-refractivity contribution in [3.8, 4) is 22.9 Å². The number of nitrogens with zero attached hydrogens (tertiary/aromatic N) is 4. The highest BCUT2D eigenvalue weighted by Gasteiger charge is 2.18. The van der Waals surface area contributed by atoms with E-state index in [-0.39, 0.29) is 5.69 Å². The molecule has 1 aliphatic heterocycles. The molecule has 2 aromatic carbocycles. The van der Waals surface area contributed by atoms with E-state index < -0.39 is 11.7 Å². The van der Waals surface area contributed by atoms with Gasteiger partial charge in [0.25, 0.3) is 0 Å². The van der Waals surface area contributed by atoms with Gasteiger partial charge in [0.05, 0.1) is 18.5 Å². The molecule has 1 N–H and O–H groups in total. The van der Waals surface area contributed by atoms with E-state index in [9.17, 15) is 9.18 Å². The van der Waals surface area contributed by atoms with Gasteiger partial charge in [0, 0.05) is 6.08 Å². The van der Waals surface area contributed by atoms with Gasteiger partial charge in [-0.1, -0.05) is 0 Å². The van der Waals surface area contributed by atoms with Crippen molar-refractivity contribution in [1.82, 2.24) is 20.2 Å². The van der Waals surface area contributed by atoms with Gasteiger partial charge in [0.1, 0.15) is 19.0 Å². The number of ether oxygens (including phenoxy) is 3. The van der Waals surface area contributed by atoms with Gasteiger partial charge in [0.15, 0.2) is 17.3 Å². The van der Waals surface area contributed by atoms with E-state index in [2.05, 4.69) is 20.8 Å². The molecule has 1 aliphatic rings. The zero-order chi connectivity index (χ0) is 21.1. The molecule has 0 aliphatic carbocycles. The molecule has 0 atom stereocenters. The monoisotopic (exact) mass is 411 g/mol. The lowest BCUT2D eigenvalue weighted by Crippen LogP contribution is -2.16. The maximum absolute atomic E-state index is 14.2. The maximum atomic E-state index is 14.2. The first kappa shape index (κ1) is 19.4. The highest BCUT2D eigenvalue weighted by atomic mass is 19.1. The lowest BCUT2D eigenvalue weighted by Gasteiger charge is -2.20. The van der Waals surface area contributed by atoms with E-state index in [1.807, 2.05) is 0 Å². The summed E-state index contributed by atoms with van der Waals surface area (Å²) in [6.45, 7) is 2.59. The Bertz CT molecular complexity index is 1110. The van der Waals surface area contributed by atoms with Crippen molar-refractivity contribution in [2.24, 2.45) is 0 Å². The molecule has 2 heterocycles. The number of tetrazole rings is 1. The van der Waals surface area contributed by atoms with Crippen LogP contribution in [0.25, 0.3) is 11.8 Å². The van der Waals surface area contributed by atoms with Crippen LogP contribution in [0.2, 0.25) is 0 Å². The number of aryl methyl sites for hydroxylation is 1. The molecule has 3 aromatic rings. The number of methoxy groups -OCH3 is 1. The maximum Gasteiger partial charge on any atom is 0.248 e. The van der Waals surface area contributed by atoms with Crippen molar-refractivity contribution < 1.29 is 23.4 Å². The topological polar surface area (TPSA) is 100 Å². The Labute approximate surface area is 171 Å². The minimum atomic E-state index is -0.577. The first-order chi connectivity index (χ1) is 14.5. The first-order valence-corrected chi connectivity index (χ1v) is 9.07. The summed E-state index contributed by atoms with van der Waals surface area (Å²) in [4.78, 5) is 12.3. The van der Waals surface area contributed by atoms with Crippen molar-refractivity contribution in [3.63, 3.8) is 0 Å². The molecule has 0 fully saturated rings. The molecule has 9 nitrogen and oxygen atoms in total. The summed E-state index contributed by atoms with van der Waals surface area (Å²) < 4.78 is 32.1. The minimum Gasteiger partial charge on any atom is -0.493 e. The second-order valence-electron chi connectivity index (χ2n) is 6.37. The Kier molecular flexibility index (Phi) is 5.29. The molecule has 1 aromatic heterocycles. The van der Waals surface area contributed by atoms with Crippen LogP contribution in [-0.4, -0.2) is 46.4 Å². The number of anilines is 1. The molecule has 0 radical (unpaired) electrons. The molecule has 0 bridgehead atoms. The second kappa shape index (κ2) is 8.19. The summed E-state index contributed by atoms with van der Waals surface area (Å²) in [5, 5.41) is 13.7. The van der Waals surface area contributed by atoms with Gasteiger partial charge in [-0.3, -0.25) is 4.79 Å². The molecule has 4 rings (SSSR count). The summed E-state index contributed by atoms with van der Waals surface area (Å²) in [5.41, 5.74) is 1.20. The standard InChI is InChI=1S/C20H18FN5O4/c1-12-23-24-25-26(12)14-4-5-15(21)16(11-14)22-19(27)6-3-13-9-17(28-2)20-18(10-13)29-7-8-30-20/h3-6,9-11H,7-8H2,1-2H3,(H,22,27)/b6-3+. The predicted molar refractivity (Wildman–Crippen MR) is 105 cm³/mol. The number of halogens is 1. The van der Waals surface area contributed by atoms with Crippen molar-refractivity contribution >= 4 is 17.7 Å². The fraction of sp³-hybridized carbons (Fsp3) is 0.200. The molecule has 1 amide bonds. The van der Waals surface area contributed by atoms with Crippen LogP contribution in [0.4, 0.5) is 10.1 Å². The fourth-order valence-electron chi connectivity index (χ4n) is 2.95. The number of aromatic nitrogens is 4. The number of fused-ring (bicyclic) bond motifs is 1. The smallest absolute Gasteiger partial charge is 0.248 e. The van der Waals surface area contributed by atoms with Crippen LogP contribution in [-0.2, 0) is 4.79 Å². The van der Waals surface area contributed by atoms with Gasteiger partial charge in [0.2, 0.25) is 11.7 Å². The van der Waals surface area contributed by atoms with Crippen molar-refractivity contribution in [3.05, 3.63) is 53.6 Å². The quantitative estimate of drug-likeness (QED) is 0.644. The number of carbonyl (C=O) groups is 1. The Morgan fingerprint density at radius 1 is 1.27 bits per heavy atom. The normalized spacial score (nSPS) is 12.8. The fourth-order valence-corrected chi connectivity index (χ4v) is 2.95. The highest BCUT2D eigenvalue weighted by molar-refractivity contribution is 6.02. The van der Waals surface area contributed by atoms with Crippen molar-refractivity contribution in [2.75, 3.05) is 25.6 Å². The number of hydrogen-bond acceptors (Lipinski definition) is 7. The van der Waals surface area contributed by atoms with E-state index in [4.69, 9.17) is 14.2 Å². The van der Waals surface area contributed by atoms with Gasteiger partial charge in [-0.25, -0.2) is 4.39 Å². The van der Waals surface area contributed by atoms with Crippen LogP contribution in [0.3, 0.4) is 0 Å². The van der Waals surface area contributed by atoms with E-state index in [1.165, 1.54) is 36.1 Å². The van der Waals surface area contributed by atoms with Crippen LogP contribution in [0.15, 0.2) is 36.4 Å². The number of carbonyl (C=O) groups excluding carboxylic acids is 1. The number of amides is 1. The summed E-state index contributed by atoms with van der Waals surface area (Å²) >= 11 is 0. The molecule has 0 saturated carbocycles. The summed E-state index contributed by atoms with van der Waals surface area (Å²) in [5.74, 6) is 1.02. The Morgan fingerprint density at radius 3 is 2.87 bits per heavy atom. The second-order valence-corrected chi connectivity index (χ2v) is 6.37. The van der Waals surface area contributed by atoms with Crippen LogP contribution in [0.5, 0.6) is 17.2 Å². The van der Waals surface area contributed by atoms with Gasteiger partial charge in [-0.2, -0.15) is 4.68 Å². The molecule has 10 heteroatoms. The Morgan fingerprint density at radius 2 is 2.10 bits per heavy atom. The van der Waals surface area contributed by atoms with Gasteiger partial charge >= 0.3 is 0 Å². The molecule has 30 heavy (non-hydrogen) atoms. The third kappa shape index (κ3) is 3.93. The zero-order valence-electron chi connectivity index (χ0n) is 16.3. The molecular weight excluding hydrogens is 393 g/mol. The van der Waals surface area contributed by atoms with E-state index in [0.29, 0.717) is 47.5 Å². The number of benzene rings is 2. The minimum absolute atomic E-state index is 0.0109. The lowest BCUT2D eigenvalue weighted by molar-refractivity contribution is -0.111. The van der Waals surface area contributed by atoms with Crippen LogP contribution >= 0.6 is 0 Å². The Hall–Kier alpha value is -3.95. The summed E-state index contributed by atoms with van der Waals surface area (Å²) in [6, 6.07) is 7.67. The Balaban J connectivity index is 1.53. The third-order valence-electron chi connectivity index (χ3n) is 4.36. The molecule has 154 valence electrons. The van der Waals surface area contributed by atoms with Crippen molar-refractivity contribution in [1.29, 1.82) is 0 Å². The van der Waals surface area contributed by atoms with E-state index in [0.717, 1.165) is 0 Å². The van der Waals surface area contributed by atoms with Crippen molar-refractivity contribution in [2.45, 2.75) is 6.92 Å². The average Bonchev–Trinajstić information content (AvgIpc) is 3.19. The molecule has 0 saturated heterocycles. The van der Waals surface area contributed by atoms with Crippen LogP contribution < -0.4 is 19.5 Å². The lowest BCUT2D eigenvalue weighted by atomic mass is 10.1. The highest BCUT2D eigenvalue weighted by Crippen LogP contribution is 2.40. The van der Waals surface area contributed by atoms with Gasteiger partial charge in [-0.05, 0) is 59.3 Å². The zero-order valence-corrected chi connectivity index (χ0v) is 16.3. The predicted octanol–water partition coefficient (Wildman–Crippen LogP) is 2.54. The van der Waals surface area contributed by atoms with E-state index >= 15 is 0 Å². The van der Waals surface area contributed by atoms with E-state index in [1.54, 1.807) is 25.1 Å². The molecule has 0 unspecified atom stereocenters. The molecule has 0 spiro atoms. The van der Waals surface area contributed by atoms with Gasteiger partial charge in [-0.15, -0.1) is 5.10 Å². The number of nitrogens with one attached hydrogen (secondary N) is 1. The summed E-state index contributed by atoms with van der Waals surface area (Å²) in [6.07, 6.45) is 2.86. The van der Waals surface area contributed by atoms with Crippen LogP contribution in [0, 0.1) is 12.7 Å².